The molecule has 0 aliphatic rings. The third-order valence-corrected chi connectivity index (χ3v) is 2.51. The van der Waals surface area contributed by atoms with Gasteiger partial charge in [-0.1, -0.05) is 44.7 Å². The van der Waals surface area contributed by atoms with Gasteiger partial charge < -0.3 is 4.74 Å². The van der Waals surface area contributed by atoms with Crippen molar-refractivity contribution in [3.63, 3.8) is 0 Å². The second-order valence-electron chi connectivity index (χ2n) is 5.14. The molecule has 0 saturated heterocycles. The van der Waals surface area contributed by atoms with Crippen molar-refractivity contribution in [3.05, 3.63) is 4.91 Å². The fourth-order valence-electron chi connectivity index (χ4n) is 1.59. The van der Waals surface area contributed by atoms with Gasteiger partial charge >= 0.3 is 5.97 Å². The quantitative estimate of drug-likeness (QED) is 0.352. The second kappa shape index (κ2) is 9.14. The Morgan fingerprint density at radius 3 is 2.12 bits per heavy atom. The summed E-state index contributed by atoms with van der Waals surface area (Å²) in [5.74, 6) is 0.222. The zero-order valence-electron chi connectivity index (χ0n) is 11.4. The highest BCUT2D eigenvalue weighted by Gasteiger charge is 2.21. The Hall–Kier alpha value is -0.930. The zero-order valence-corrected chi connectivity index (χ0v) is 11.4. The molecular weight excluding hydrogens is 218 g/mol. The smallest absolute Gasteiger partial charge is 0.334 e. The first-order valence-corrected chi connectivity index (χ1v) is 6.50. The molecule has 0 radical (unpaired) electrons. The van der Waals surface area contributed by atoms with Crippen LogP contribution in [-0.4, -0.2) is 18.1 Å². The van der Waals surface area contributed by atoms with Gasteiger partial charge in [-0.15, -0.1) is 4.91 Å². The van der Waals surface area contributed by atoms with E-state index in [1.54, 1.807) is 13.8 Å². The lowest BCUT2D eigenvalue weighted by molar-refractivity contribution is -0.149. The number of nitroso groups, excluding NO2 is 1. The third kappa shape index (κ3) is 8.83. The van der Waals surface area contributed by atoms with Gasteiger partial charge in [0.05, 0.1) is 6.10 Å². The van der Waals surface area contributed by atoms with Crippen LogP contribution in [0.1, 0.15) is 59.8 Å². The van der Waals surface area contributed by atoms with Crippen LogP contribution < -0.4 is 0 Å². The Morgan fingerprint density at radius 1 is 1.06 bits per heavy atom. The average Bonchev–Trinajstić information content (AvgIpc) is 2.21. The summed E-state index contributed by atoms with van der Waals surface area (Å²) in [5.41, 5.74) is 0. The van der Waals surface area contributed by atoms with E-state index in [0.29, 0.717) is 12.3 Å². The van der Waals surface area contributed by atoms with Crippen molar-refractivity contribution in [1.82, 2.24) is 0 Å². The lowest BCUT2D eigenvalue weighted by Gasteiger charge is -2.12. The van der Waals surface area contributed by atoms with Crippen molar-refractivity contribution >= 4 is 5.97 Å². The summed E-state index contributed by atoms with van der Waals surface area (Å²) in [5, 5.41) is 2.85. The van der Waals surface area contributed by atoms with Gasteiger partial charge in [0.25, 0.3) is 0 Å². The molecule has 0 aromatic carbocycles. The van der Waals surface area contributed by atoms with E-state index in [2.05, 4.69) is 19.0 Å². The number of unbranched alkanes of at least 4 members (excludes halogenated alkanes) is 2. The van der Waals surface area contributed by atoms with Crippen molar-refractivity contribution in [2.24, 2.45) is 11.1 Å². The minimum atomic E-state index is -0.823. The summed E-state index contributed by atoms with van der Waals surface area (Å²) < 4.78 is 4.97. The molecule has 0 bridgehead atoms. The van der Waals surface area contributed by atoms with Crippen LogP contribution in [0.4, 0.5) is 0 Å². The van der Waals surface area contributed by atoms with Crippen molar-refractivity contribution < 1.29 is 9.53 Å². The van der Waals surface area contributed by atoms with E-state index in [4.69, 9.17) is 4.74 Å². The Kier molecular flexibility index (Phi) is 8.64. The maximum absolute atomic E-state index is 11.4. The van der Waals surface area contributed by atoms with E-state index in [1.807, 2.05) is 0 Å². The highest BCUT2D eigenvalue weighted by Crippen LogP contribution is 2.13. The molecule has 0 spiro atoms. The molecule has 17 heavy (non-hydrogen) atoms. The van der Waals surface area contributed by atoms with Crippen LogP contribution in [0.5, 0.6) is 0 Å². The lowest BCUT2D eigenvalue weighted by atomic mass is 10.0. The van der Waals surface area contributed by atoms with Crippen molar-refractivity contribution in [2.45, 2.75) is 71.9 Å². The van der Waals surface area contributed by atoms with Crippen LogP contribution in [0.15, 0.2) is 5.18 Å². The monoisotopic (exact) mass is 243 g/mol. The number of hydrogen-bond donors (Lipinski definition) is 0. The fourth-order valence-corrected chi connectivity index (χ4v) is 1.59. The van der Waals surface area contributed by atoms with E-state index in [9.17, 15) is 9.70 Å². The average molecular weight is 243 g/mol. The fraction of sp³-hybridized carbons (Fsp3) is 0.923. The van der Waals surface area contributed by atoms with Crippen LogP contribution in [0.2, 0.25) is 0 Å². The van der Waals surface area contributed by atoms with E-state index in [1.165, 1.54) is 6.42 Å². The van der Waals surface area contributed by atoms with Crippen molar-refractivity contribution in [3.8, 4) is 0 Å². The molecule has 0 aliphatic carbocycles. The van der Waals surface area contributed by atoms with Gasteiger partial charge in [0, 0.05) is 0 Å². The summed E-state index contributed by atoms with van der Waals surface area (Å²) in [6.07, 6.45) is 4.55. The van der Waals surface area contributed by atoms with Gasteiger partial charge in [0.1, 0.15) is 0 Å². The Labute approximate surface area is 104 Å². The summed E-state index contributed by atoms with van der Waals surface area (Å²) in [6.45, 7) is 7.91. The normalized spacial score (nSPS) is 12.8. The molecule has 0 fully saturated rings. The van der Waals surface area contributed by atoms with Crippen LogP contribution in [0.25, 0.3) is 0 Å². The molecule has 0 N–H and O–H groups in total. The summed E-state index contributed by atoms with van der Waals surface area (Å²) in [6, 6.07) is -0.823. The molecular formula is C13H25NO3. The maximum Gasteiger partial charge on any atom is 0.334 e. The molecule has 1 unspecified atom stereocenters. The highest BCUT2D eigenvalue weighted by atomic mass is 16.5. The first-order chi connectivity index (χ1) is 7.97. The first-order valence-electron chi connectivity index (χ1n) is 6.50. The first kappa shape index (κ1) is 16.1. The predicted molar refractivity (Wildman–Crippen MR) is 68.7 cm³/mol. The molecule has 100 valence electrons. The summed E-state index contributed by atoms with van der Waals surface area (Å²) in [4.78, 5) is 22.0. The zero-order chi connectivity index (χ0) is 13.3. The minimum absolute atomic E-state index is 0.187. The largest absolute Gasteiger partial charge is 0.461 e. The van der Waals surface area contributed by atoms with Gasteiger partial charge in [-0.2, -0.15) is 0 Å². The topological polar surface area (TPSA) is 55.7 Å². The van der Waals surface area contributed by atoms with Crippen LogP contribution >= 0.6 is 0 Å². The van der Waals surface area contributed by atoms with E-state index < -0.39 is 12.0 Å². The molecule has 0 amide bonds. The molecule has 0 rings (SSSR count). The van der Waals surface area contributed by atoms with Crippen molar-refractivity contribution in [1.29, 1.82) is 0 Å². The van der Waals surface area contributed by atoms with E-state index in [0.717, 1.165) is 19.3 Å². The molecule has 4 heteroatoms. The van der Waals surface area contributed by atoms with Gasteiger partial charge in [-0.3, -0.25) is 0 Å². The summed E-state index contributed by atoms with van der Waals surface area (Å²) in [7, 11) is 0. The third-order valence-electron chi connectivity index (χ3n) is 2.51. The molecule has 4 nitrogen and oxygen atoms in total. The lowest BCUT2D eigenvalue weighted by Crippen LogP contribution is -2.24. The predicted octanol–water partition coefficient (Wildman–Crippen LogP) is 3.68. The number of nitrogens with zero attached hydrogens (tertiary/aromatic N) is 1. The second-order valence-corrected chi connectivity index (χ2v) is 5.14. The van der Waals surface area contributed by atoms with Crippen LogP contribution in [0, 0.1) is 10.8 Å². The van der Waals surface area contributed by atoms with Crippen LogP contribution in [0.3, 0.4) is 0 Å². The van der Waals surface area contributed by atoms with Gasteiger partial charge in [0.2, 0.25) is 0 Å². The SMILES string of the molecule is CC(C)CCCCCC(N=O)C(=O)OC(C)C. The molecule has 0 aromatic heterocycles. The van der Waals surface area contributed by atoms with Gasteiger partial charge in [-0.05, 0) is 26.2 Å². The molecule has 0 saturated carbocycles. The number of esters is 1. The molecule has 1 atom stereocenters. The summed E-state index contributed by atoms with van der Waals surface area (Å²) >= 11 is 0. The van der Waals surface area contributed by atoms with Gasteiger partial charge in [0.15, 0.2) is 6.04 Å². The number of rotatable bonds is 9. The number of ether oxygens (including phenoxy) is 1. The van der Waals surface area contributed by atoms with Gasteiger partial charge in [-0.25, -0.2) is 4.79 Å². The highest BCUT2D eigenvalue weighted by molar-refractivity contribution is 5.76. The van der Waals surface area contributed by atoms with E-state index >= 15 is 0 Å². The van der Waals surface area contributed by atoms with E-state index in [-0.39, 0.29) is 6.10 Å². The number of carbonyl (C=O) groups is 1. The molecule has 0 aliphatic heterocycles. The molecule has 0 heterocycles. The Balaban J connectivity index is 3.75. The molecule has 0 aromatic rings. The standard InChI is InChI=1S/C13H25NO3/c1-10(2)8-6-5-7-9-12(14-16)13(15)17-11(3)4/h10-12H,5-9H2,1-4H3. The Bertz CT molecular complexity index is 227. The Morgan fingerprint density at radius 2 is 1.65 bits per heavy atom. The van der Waals surface area contributed by atoms with Crippen LogP contribution in [-0.2, 0) is 9.53 Å². The maximum atomic E-state index is 11.4. The van der Waals surface area contributed by atoms with Crippen molar-refractivity contribution in [2.75, 3.05) is 0 Å². The number of carbonyl (C=O) groups excluding carboxylic acids is 1. The number of hydrogen-bond acceptors (Lipinski definition) is 4. The minimum Gasteiger partial charge on any atom is -0.461 e.